The highest BCUT2D eigenvalue weighted by Crippen LogP contribution is 2.21. The SMILES string of the molecule is CCc1cc(C(=O)O)cc(NC(C)c2ccc(C)o2)n1. The van der Waals surface area contributed by atoms with Gasteiger partial charge >= 0.3 is 5.97 Å². The third kappa shape index (κ3) is 3.17. The zero-order valence-corrected chi connectivity index (χ0v) is 11.8. The summed E-state index contributed by atoms with van der Waals surface area (Å²) in [6, 6.07) is 6.84. The molecule has 0 spiro atoms. The molecule has 106 valence electrons. The third-order valence-corrected chi connectivity index (χ3v) is 3.04. The van der Waals surface area contributed by atoms with Crippen molar-refractivity contribution in [3.8, 4) is 0 Å². The quantitative estimate of drug-likeness (QED) is 0.873. The van der Waals surface area contributed by atoms with E-state index in [1.165, 1.54) is 6.07 Å². The zero-order valence-electron chi connectivity index (χ0n) is 11.8. The number of aryl methyl sites for hydroxylation is 2. The summed E-state index contributed by atoms with van der Waals surface area (Å²) in [4.78, 5) is 15.5. The summed E-state index contributed by atoms with van der Waals surface area (Å²) in [5.74, 6) is 1.23. The van der Waals surface area contributed by atoms with E-state index in [9.17, 15) is 4.79 Å². The average Bonchev–Trinajstić information content (AvgIpc) is 2.85. The van der Waals surface area contributed by atoms with Gasteiger partial charge in [0, 0.05) is 5.69 Å². The minimum Gasteiger partial charge on any atom is -0.478 e. The summed E-state index contributed by atoms with van der Waals surface area (Å²) in [7, 11) is 0. The maximum absolute atomic E-state index is 11.1. The average molecular weight is 274 g/mol. The predicted molar refractivity (Wildman–Crippen MR) is 76.1 cm³/mol. The number of anilines is 1. The number of pyridine rings is 1. The lowest BCUT2D eigenvalue weighted by Gasteiger charge is -2.13. The molecule has 2 aromatic heterocycles. The zero-order chi connectivity index (χ0) is 14.7. The Morgan fingerprint density at radius 2 is 2.20 bits per heavy atom. The van der Waals surface area contributed by atoms with Crippen LogP contribution in [-0.4, -0.2) is 16.1 Å². The molecule has 0 amide bonds. The smallest absolute Gasteiger partial charge is 0.335 e. The highest BCUT2D eigenvalue weighted by molar-refractivity contribution is 5.88. The molecule has 0 aromatic carbocycles. The van der Waals surface area contributed by atoms with Gasteiger partial charge in [0.1, 0.15) is 17.3 Å². The molecule has 0 bridgehead atoms. The molecule has 0 aliphatic heterocycles. The van der Waals surface area contributed by atoms with Gasteiger partial charge < -0.3 is 14.8 Å². The summed E-state index contributed by atoms with van der Waals surface area (Å²) in [5.41, 5.74) is 0.984. The third-order valence-electron chi connectivity index (χ3n) is 3.04. The van der Waals surface area contributed by atoms with Crippen LogP contribution in [0, 0.1) is 6.92 Å². The van der Waals surface area contributed by atoms with Gasteiger partial charge in [0.2, 0.25) is 0 Å². The maximum Gasteiger partial charge on any atom is 0.335 e. The Morgan fingerprint density at radius 1 is 1.45 bits per heavy atom. The number of nitrogens with one attached hydrogen (secondary N) is 1. The second kappa shape index (κ2) is 5.77. The minimum atomic E-state index is -0.952. The molecule has 20 heavy (non-hydrogen) atoms. The van der Waals surface area contributed by atoms with E-state index in [0.717, 1.165) is 17.2 Å². The summed E-state index contributed by atoms with van der Waals surface area (Å²) in [6.45, 7) is 5.77. The number of rotatable bonds is 5. The van der Waals surface area contributed by atoms with E-state index in [1.807, 2.05) is 32.9 Å². The second-order valence-electron chi connectivity index (χ2n) is 4.71. The van der Waals surface area contributed by atoms with E-state index in [4.69, 9.17) is 9.52 Å². The first-order valence-corrected chi connectivity index (χ1v) is 6.56. The van der Waals surface area contributed by atoms with Gasteiger partial charge in [-0.2, -0.15) is 0 Å². The summed E-state index contributed by atoms with van der Waals surface area (Å²) in [5, 5.41) is 12.3. The number of hydrogen-bond acceptors (Lipinski definition) is 4. The summed E-state index contributed by atoms with van der Waals surface area (Å²) < 4.78 is 5.55. The molecule has 1 unspecified atom stereocenters. The van der Waals surface area contributed by atoms with Crippen LogP contribution in [0.1, 0.15) is 47.5 Å². The van der Waals surface area contributed by atoms with Gasteiger partial charge in [-0.3, -0.25) is 0 Å². The predicted octanol–water partition coefficient (Wildman–Crippen LogP) is 3.42. The maximum atomic E-state index is 11.1. The van der Waals surface area contributed by atoms with E-state index in [2.05, 4.69) is 10.3 Å². The Bertz CT molecular complexity index is 619. The molecule has 0 aliphatic rings. The molecule has 0 saturated carbocycles. The minimum absolute atomic E-state index is 0.0787. The molecule has 5 heteroatoms. The van der Waals surface area contributed by atoms with Gasteiger partial charge in [-0.25, -0.2) is 9.78 Å². The van der Waals surface area contributed by atoms with Crippen LogP contribution in [0.25, 0.3) is 0 Å². The standard InChI is InChI=1S/C15H18N2O3/c1-4-12-7-11(15(18)19)8-14(17-12)16-10(3)13-6-5-9(2)20-13/h5-8,10H,4H2,1-3H3,(H,16,17)(H,18,19). The number of furan rings is 1. The van der Waals surface area contributed by atoms with Gasteiger partial charge in [0.15, 0.2) is 0 Å². The highest BCUT2D eigenvalue weighted by atomic mass is 16.4. The van der Waals surface area contributed by atoms with Crippen LogP contribution in [0.4, 0.5) is 5.82 Å². The second-order valence-corrected chi connectivity index (χ2v) is 4.71. The number of carbonyl (C=O) groups is 1. The Balaban J connectivity index is 2.24. The van der Waals surface area contributed by atoms with Gasteiger partial charge in [0.25, 0.3) is 0 Å². The fourth-order valence-corrected chi connectivity index (χ4v) is 1.95. The van der Waals surface area contributed by atoms with E-state index in [0.29, 0.717) is 12.2 Å². The van der Waals surface area contributed by atoms with Crippen LogP contribution in [0.3, 0.4) is 0 Å². The molecule has 0 fully saturated rings. The van der Waals surface area contributed by atoms with Crippen molar-refractivity contribution in [1.82, 2.24) is 4.98 Å². The molecule has 1 atom stereocenters. The van der Waals surface area contributed by atoms with Crippen LogP contribution < -0.4 is 5.32 Å². The Labute approximate surface area is 117 Å². The molecule has 2 aromatic rings. The molecule has 2 heterocycles. The van der Waals surface area contributed by atoms with E-state index < -0.39 is 5.97 Å². The van der Waals surface area contributed by atoms with Crippen molar-refractivity contribution in [2.24, 2.45) is 0 Å². The van der Waals surface area contributed by atoms with E-state index in [1.54, 1.807) is 6.07 Å². The van der Waals surface area contributed by atoms with Crippen LogP contribution >= 0.6 is 0 Å². The van der Waals surface area contributed by atoms with Crippen molar-refractivity contribution in [1.29, 1.82) is 0 Å². The van der Waals surface area contributed by atoms with Crippen molar-refractivity contribution >= 4 is 11.8 Å². The van der Waals surface area contributed by atoms with Gasteiger partial charge in [-0.15, -0.1) is 0 Å². The van der Waals surface area contributed by atoms with Crippen molar-refractivity contribution in [3.05, 3.63) is 47.0 Å². The molecular formula is C15H18N2O3. The van der Waals surface area contributed by atoms with Crippen molar-refractivity contribution in [2.75, 3.05) is 5.32 Å². The van der Waals surface area contributed by atoms with Crippen molar-refractivity contribution in [3.63, 3.8) is 0 Å². The first-order chi connectivity index (χ1) is 9.49. The largest absolute Gasteiger partial charge is 0.478 e. The highest BCUT2D eigenvalue weighted by Gasteiger charge is 2.13. The van der Waals surface area contributed by atoms with Crippen LogP contribution in [-0.2, 0) is 6.42 Å². The number of hydrogen-bond donors (Lipinski definition) is 2. The van der Waals surface area contributed by atoms with Crippen molar-refractivity contribution < 1.29 is 14.3 Å². The van der Waals surface area contributed by atoms with Gasteiger partial charge in [-0.05, 0) is 44.5 Å². The number of aromatic carboxylic acids is 1. The van der Waals surface area contributed by atoms with Crippen molar-refractivity contribution in [2.45, 2.75) is 33.2 Å². The van der Waals surface area contributed by atoms with Crippen LogP contribution in [0.5, 0.6) is 0 Å². The first-order valence-electron chi connectivity index (χ1n) is 6.56. The molecule has 0 radical (unpaired) electrons. The van der Waals surface area contributed by atoms with Crippen LogP contribution in [0.15, 0.2) is 28.7 Å². The lowest BCUT2D eigenvalue weighted by molar-refractivity contribution is 0.0696. The van der Waals surface area contributed by atoms with E-state index in [-0.39, 0.29) is 11.6 Å². The topological polar surface area (TPSA) is 75.4 Å². The number of nitrogens with zero attached hydrogens (tertiary/aromatic N) is 1. The Morgan fingerprint density at radius 3 is 2.75 bits per heavy atom. The Kier molecular flexibility index (Phi) is 4.08. The fourth-order valence-electron chi connectivity index (χ4n) is 1.95. The first kappa shape index (κ1) is 14.1. The van der Waals surface area contributed by atoms with Crippen LogP contribution in [0.2, 0.25) is 0 Å². The van der Waals surface area contributed by atoms with Gasteiger partial charge in [-0.1, -0.05) is 6.92 Å². The van der Waals surface area contributed by atoms with Gasteiger partial charge in [0.05, 0.1) is 11.6 Å². The molecule has 5 nitrogen and oxygen atoms in total. The number of carboxylic acids is 1. The number of aromatic nitrogens is 1. The lowest BCUT2D eigenvalue weighted by atomic mass is 10.2. The Hall–Kier alpha value is -2.30. The molecule has 0 aliphatic carbocycles. The normalized spacial score (nSPS) is 12.2. The molecule has 0 saturated heterocycles. The number of carboxylic acid groups (broad SMARTS) is 1. The summed E-state index contributed by atoms with van der Waals surface area (Å²) >= 11 is 0. The lowest BCUT2D eigenvalue weighted by Crippen LogP contribution is -2.09. The fraction of sp³-hybridized carbons (Fsp3) is 0.333. The molecule has 2 N–H and O–H groups in total. The molecule has 2 rings (SSSR count). The molecular weight excluding hydrogens is 256 g/mol. The monoisotopic (exact) mass is 274 g/mol. The summed E-state index contributed by atoms with van der Waals surface area (Å²) in [6.07, 6.45) is 0.685. The van der Waals surface area contributed by atoms with E-state index >= 15 is 0 Å².